The lowest BCUT2D eigenvalue weighted by Crippen LogP contribution is -1.84. The summed E-state index contributed by atoms with van der Waals surface area (Å²) in [6, 6.07) is 17.7. The zero-order valence-electron chi connectivity index (χ0n) is 9.93. The number of phenolic OH excluding ortho intramolecular Hbond substituents is 1. The fraction of sp³-hybridized carbons (Fsp3) is 0.125. The van der Waals surface area contributed by atoms with Crippen LogP contribution in [0.3, 0.4) is 0 Å². The highest BCUT2D eigenvalue weighted by molar-refractivity contribution is 5.63. The third kappa shape index (κ3) is 2.97. The fourth-order valence-electron chi connectivity index (χ4n) is 1.77. The van der Waals surface area contributed by atoms with Crippen molar-refractivity contribution in [1.82, 2.24) is 0 Å². The van der Waals surface area contributed by atoms with E-state index in [-0.39, 0.29) is 0 Å². The average molecular weight is 224 g/mol. The summed E-state index contributed by atoms with van der Waals surface area (Å²) in [6.45, 7) is 2.09. The van der Waals surface area contributed by atoms with Gasteiger partial charge in [-0.3, -0.25) is 0 Å². The number of hydrogen-bond donors (Lipinski definition) is 1. The summed E-state index contributed by atoms with van der Waals surface area (Å²) in [6.07, 6.45) is 2.90. The molecule has 0 heterocycles. The van der Waals surface area contributed by atoms with Crippen molar-refractivity contribution in [2.75, 3.05) is 0 Å². The van der Waals surface area contributed by atoms with Gasteiger partial charge in [0.15, 0.2) is 0 Å². The van der Waals surface area contributed by atoms with Gasteiger partial charge < -0.3 is 5.11 Å². The largest absolute Gasteiger partial charge is 0.508 e. The number of hydrogen-bond acceptors (Lipinski definition) is 1. The van der Waals surface area contributed by atoms with Crippen LogP contribution in [0.25, 0.3) is 5.57 Å². The van der Waals surface area contributed by atoms with E-state index in [1.54, 1.807) is 6.07 Å². The molecule has 2 aromatic carbocycles. The molecule has 0 amide bonds. The van der Waals surface area contributed by atoms with Gasteiger partial charge in [0.05, 0.1) is 0 Å². The summed E-state index contributed by atoms with van der Waals surface area (Å²) in [5.41, 5.74) is 3.42. The molecule has 1 N–H and O–H groups in total. The van der Waals surface area contributed by atoms with Crippen LogP contribution in [0, 0.1) is 0 Å². The highest BCUT2D eigenvalue weighted by atomic mass is 16.3. The van der Waals surface area contributed by atoms with Crippen LogP contribution in [0.5, 0.6) is 5.75 Å². The Labute approximate surface area is 102 Å². The zero-order valence-corrected chi connectivity index (χ0v) is 9.93. The van der Waals surface area contributed by atoms with Crippen LogP contribution < -0.4 is 0 Å². The molecule has 1 heteroatoms. The Morgan fingerprint density at radius 3 is 2.35 bits per heavy atom. The van der Waals surface area contributed by atoms with Crippen LogP contribution in [0.2, 0.25) is 0 Å². The SMILES string of the molecule is CC(=CCc1ccccc1O)c1ccccc1. The Morgan fingerprint density at radius 1 is 1.00 bits per heavy atom. The topological polar surface area (TPSA) is 20.2 Å². The van der Waals surface area contributed by atoms with E-state index in [0.717, 1.165) is 12.0 Å². The molecule has 86 valence electrons. The van der Waals surface area contributed by atoms with E-state index in [1.165, 1.54) is 11.1 Å². The minimum Gasteiger partial charge on any atom is -0.508 e. The summed E-state index contributed by atoms with van der Waals surface area (Å²) in [4.78, 5) is 0. The van der Waals surface area contributed by atoms with E-state index in [2.05, 4.69) is 25.1 Å². The van der Waals surface area contributed by atoms with Gasteiger partial charge in [-0.05, 0) is 36.1 Å². The number of benzene rings is 2. The maximum absolute atomic E-state index is 9.66. The molecule has 0 aliphatic rings. The Balaban J connectivity index is 2.14. The standard InChI is InChI=1S/C16H16O/c1-13(14-7-3-2-4-8-14)11-12-15-9-5-6-10-16(15)17/h2-11,17H,12H2,1H3. The summed E-state index contributed by atoms with van der Waals surface area (Å²) < 4.78 is 0. The molecular formula is C16H16O. The molecule has 0 aliphatic carbocycles. The third-order valence-corrected chi connectivity index (χ3v) is 2.85. The van der Waals surface area contributed by atoms with E-state index >= 15 is 0 Å². The van der Waals surface area contributed by atoms with Crippen molar-refractivity contribution < 1.29 is 5.11 Å². The van der Waals surface area contributed by atoms with Crippen LogP contribution in [-0.4, -0.2) is 5.11 Å². The third-order valence-electron chi connectivity index (χ3n) is 2.85. The van der Waals surface area contributed by atoms with Gasteiger partial charge in [0, 0.05) is 0 Å². The predicted molar refractivity (Wildman–Crippen MR) is 71.9 cm³/mol. The molecule has 0 fully saturated rings. The van der Waals surface area contributed by atoms with Crippen LogP contribution >= 0.6 is 0 Å². The molecular weight excluding hydrogens is 208 g/mol. The molecule has 0 saturated carbocycles. The smallest absolute Gasteiger partial charge is 0.119 e. The Morgan fingerprint density at radius 2 is 1.65 bits per heavy atom. The van der Waals surface area contributed by atoms with Gasteiger partial charge >= 0.3 is 0 Å². The molecule has 0 unspecified atom stereocenters. The fourth-order valence-corrected chi connectivity index (χ4v) is 1.77. The Hall–Kier alpha value is -2.02. The molecule has 0 radical (unpaired) electrons. The highest BCUT2D eigenvalue weighted by Crippen LogP contribution is 2.19. The maximum Gasteiger partial charge on any atom is 0.119 e. The van der Waals surface area contributed by atoms with Gasteiger partial charge in [-0.15, -0.1) is 0 Å². The van der Waals surface area contributed by atoms with Crippen LogP contribution in [0.4, 0.5) is 0 Å². The molecule has 0 saturated heterocycles. The second-order valence-electron chi connectivity index (χ2n) is 4.09. The van der Waals surface area contributed by atoms with E-state index in [0.29, 0.717) is 5.75 Å². The average Bonchev–Trinajstić information content (AvgIpc) is 2.38. The number of rotatable bonds is 3. The van der Waals surface area contributed by atoms with Gasteiger partial charge in [-0.25, -0.2) is 0 Å². The first kappa shape index (κ1) is 11.5. The number of phenols is 1. The highest BCUT2D eigenvalue weighted by Gasteiger charge is 1.98. The number of para-hydroxylation sites is 1. The summed E-state index contributed by atoms with van der Waals surface area (Å²) in [5, 5.41) is 9.66. The second kappa shape index (κ2) is 5.35. The molecule has 0 aliphatic heterocycles. The van der Waals surface area contributed by atoms with E-state index in [1.807, 2.05) is 36.4 Å². The molecule has 0 atom stereocenters. The Bertz CT molecular complexity index is 512. The van der Waals surface area contributed by atoms with Gasteiger partial charge in [-0.1, -0.05) is 54.6 Å². The lowest BCUT2D eigenvalue weighted by molar-refractivity contribution is 0.470. The molecule has 0 aromatic heterocycles. The van der Waals surface area contributed by atoms with E-state index in [9.17, 15) is 5.11 Å². The van der Waals surface area contributed by atoms with Crippen molar-refractivity contribution in [2.45, 2.75) is 13.3 Å². The first-order valence-corrected chi connectivity index (χ1v) is 5.76. The monoisotopic (exact) mass is 224 g/mol. The first-order valence-electron chi connectivity index (χ1n) is 5.76. The minimum atomic E-state index is 0.365. The van der Waals surface area contributed by atoms with Crippen molar-refractivity contribution in [1.29, 1.82) is 0 Å². The Kier molecular flexibility index (Phi) is 3.61. The van der Waals surface area contributed by atoms with Gasteiger partial charge in [0.25, 0.3) is 0 Å². The van der Waals surface area contributed by atoms with Crippen molar-refractivity contribution >= 4 is 5.57 Å². The molecule has 0 bridgehead atoms. The molecule has 0 spiro atoms. The van der Waals surface area contributed by atoms with Gasteiger partial charge in [0.1, 0.15) is 5.75 Å². The van der Waals surface area contributed by atoms with Crippen molar-refractivity contribution in [3.63, 3.8) is 0 Å². The van der Waals surface area contributed by atoms with Crippen LogP contribution in [0.1, 0.15) is 18.1 Å². The number of allylic oxidation sites excluding steroid dienone is 2. The van der Waals surface area contributed by atoms with Crippen LogP contribution in [-0.2, 0) is 6.42 Å². The van der Waals surface area contributed by atoms with Crippen molar-refractivity contribution in [2.24, 2.45) is 0 Å². The van der Waals surface area contributed by atoms with Gasteiger partial charge in [-0.2, -0.15) is 0 Å². The van der Waals surface area contributed by atoms with Crippen molar-refractivity contribution in [3.8, 4) is 5.75 Å². The van der Waals surface area contributed by atoms with Crippen molar-refractivity contribution in [3.05, 3.63) is 71.8 Å². The molecule has 2 rings (SSSR count). The first-order chi connectivity index (χ1) is 8.27. The van der Waals surface area contributed by atoms with E-state index < -0.39 is 0 Å². The van der Waals surface area contributed by atoms with Crippen LogP contribution in [0.15, 0.2) is 60.7 Å². The predicted octanol–water partition coefficient (Wildman–Crippen LogP) is 4.04. The molecule has 2 aromatic rings. The summed E-state index contributed by atoms with van der Waals surface area (Å²) in [5.74, 6) is 0.365. The summed E-state index contributed by atoms with van der Waals surface area (Å²) in [7, 11) is 0. The second-order valence-corrected chi connectivity index (χ2v) is 4.09. The minimum absolute atomic E-state index is 0.365. The molecule has 1 nitrogen and oxygen atoms in total. The lowest BCUT2D eigenvalue weighted by atomic mass is 10.0. The van der Waals surface area contributed by atoms with E-state index in [4.69, 9.17) is 0 Å². The quantitative estimate of drug-likeness (QED) is 0.834. The normalized spacial score (nSPS) is 11.5. The molecule has 17 heavy (non-hydrogen) atoms. The zero-order chi connectivity index (χ0) is 12.1. The number of aromatic hydroxyl groups is 1. The van der Waals surface area contributed by atoms with Gasteiger partial charge in [0.2, 0.25) is 0 Å². The lowest BCUT2D eigenvalue weighted by Gasteiger charge is -2.03. The maximum atomic E-state index is 9.66. The summed E-state index contributed by atoms with van der Waals surface area (Å²) >= 11 is 0.